The van der Waals surface area contributed by atoms with Crippen LogP contribution in [-0.4, -0.2) is 40.8 Å². The average molecular weight is 546 g/mol. The topological polar surface area (TPSA) is 94.7 Å². The molecule has 1 unspecified atom stereocenters. The van der Waals surface area contributed by atoms with Gasteiger partial charge in [-0.2, -0.15) is 8.78 Å². The molecule has 11 heteroatoms. The van der Waals surface area contributed by atoms with Crippen LogP contribution in [0.4, 0.5) is 13.2 Å². The van der Waals surface area contributed by atoms with Gasteiger partial charge in [0.2, 0.25) is 5.89 Å². The molecule has 38 heavy (non-hydrogen) atoms. The molecule has 198 valence electrons. The molecule has 0 radical (unpaired) electrons. The van der Waals surface area contributed by atoms with Gasteiger partial charge in [-0.1, -0.05) is 37.2 Å². The van der Waals surface area contributed by atoms with Gasteiger partial charge in [-0.25, -0.2) is 9.38 Å². The van der Waals surface area contributed by atoms with Gasteiger partial charge in [-0.05, 0) is 48.2 Å². The first-order chi connectivity index (χ1) is 18.2. The zero-order chi connectivity index (χ0) is 27.4. The average Bonchev–Trinajstić information content (AvgIpc) is 3.40. The van der Waals surface area contributed by atoms with E-state index in [4.69, 9.17) is 20.8 Å². The van der Waals surface area contributed by atoms with Crippen molar-refractivity contribution in [1.29, 1.82) is 0 Å². The van der Waals surface area contributed by atoms with E-state index >= 15 is 0 Å². The summed E-state index contributed by atoms with van der Waals surface area (Å²) in [5.74, 6) is -3.41. The number of amides is 1. The van der Waals surface area contributed by atoms with Gasteiger partial charge in [0.15, 0.2) is 5.78 Å². The van der Waals surface area contributed by atoms with Gasteiger partial charge in [0.25, 0.3) is 11.8 Å². The van der Waals surface area contributed by atoms with Gasteiger partial charge in [0, 0.05) is 29.2 Å². The van der Waals surface area contributed by atoms with Crippen molar-refractivity contribution in [3.8, 4) is 11.5 Å². The van der Waals surface area contributed by atoms with Gasteiger partial charge in [0.05, 0.1) is 23.8 Å². The molecule has 2 heterocycles. The van der Waals surface area contributed by atoms with Crippen molar-refractivity contribution in [2.24, 2.45) is 10.9 Å². The van der Waals surface area contributed by atoms with Crippen molar-refractivity contribution in [3.63, 3.8) is 0 Å². The van der Waals surface area contributed by atoms with Crippen molar-refractivity contribution in [1.82, 2.24) is 10.2 Å². The fraction of sp³-hybridized carbons (Fsp3) is 0.296. The molecule has 1 aromatic heterocycles. The summed E-state index contributed by atoms with van der Waals surface area (Å²) >= 11 is 6.13. The Hall–Kier alpha value is -3.63. The van der Waals surface area contributed by atoms with Crippen LogP contribution >= 0.6 is 11.6 Å². The number of halogens is 4. The molecule has 2 aromatic carbocycles. The molecule has 7 nitrogen and oxygen atoms in total. The molecule has 0 aliphatic carbocycles. The van der Waals surface area contributed by atoms with E-state index in [1.807, 2.05) is 0 Å². The number of hydrogen-bond donors (Lipinski definition) is 0. The molecule has 1 aliphatic rings. The zero-order valence-corrected chi connectivity index (χ0v) is 21.1. The zero-order valence-electron chi connectivity index (χ0n) is 20.3. The third kappa shape index (κ3) is 5.92. The number of benzene rings is 2. The Balaban J connectivity index is 1.59. The molecule has 3 aromatic rings. The molecular formula is C27H23ClF3N3O4. The third-order valence-electron chi connectivity index (χ3n) is 6.12. The second-order valence-corrected chi connectivity index (χ2v) is 9.04. The number of carbonyl (C=O) groups excluding carboxylic acids is 2. The summed E-state index contributed by atoms with van der Waals surface area (Å²) in [5.41, 5.74) is 1.09. The van der Waals surface area contributed by atoms with Crippen LogP contribution in [0.1, 0.15) is 58.4 Å². The number of carbonyl (C=O) groups is 2. The van der Waals surface area contributed by atoms with E-state index < -0.39 is 35.7 Å². The summed E-state index contributed by atoms with van der Waals surface area (Å²) in [7, 11) is 0. The Morgan fingerprint density at radius 3 is 2.66 bits per heavy atom. The molecule has 1 fully saturated rings. The Morgan fingerprint density at radius 2 is 1.97 bits per heavy atom. The van der Waals surface area contributed by atoms with Crippen LogP contribution in [0.2, 0.25) is 5.02 Å². The Morgan fingerprint density at radius 1 is 1.21 bits per heavy atom. The number of hydrogen-bond acceptors (Lipinski definition) is 6. The predicted molar refractivity (Wildman–Crippen MR) is 134 cm³/mol. The van der Waals surface area contributed by atoms with E-state index in [9.17, 15) is 22.8 Å². The lowest BCUT2D eigenvalue weighted by Gasteiger charge is -2.25. The lowest BCUT2D eigenvalue weighted by Crippen LogP contribution is -2.30. The molecule has 1 amide bonds. The largest absolute Gasteiger partial charge is 0.415 e. The number of Topliss-reactive ketones (excluding diaryl/α,β-unsaturated/α-hetero) is 1. The van der Waals surface area contributed by atoms with Crippen molar-refractivity contribution in [2.45, 2.75) is 32.6 Å². The third-order valence-corrected chi connectivity index (χ3v) is 6.45. The van der Waals surface area contributed by atoms with Crippen molar-refractivity contribution in [2.75, 3.05) is 13.2 Å². The number of alkyl halides is 2. The van der Waals surface area contributed by atoms with Crippen molar-refractivity contribution >= 4 is 29.0 Å². The summed E-state index contributed by atoms with van der Waals surface area (Å²) in [5, 5.41) is 7.08. The standard InChI is InChI=1S/C27H23ClF3N3O4/c1-3-17-19(11-15(12-21(17)29)26-33-34-27(38-26)24(30)31)23(35)14(2)10-16-13-37-9-8-22(16)32-25(36)18-6-4-5-7-20(18)28/h4-7,11-12,16,24H,2-3,8-10,13H2,1H3. The number of ether oxygens (including phenoxy) is 1. The SMILES string of the molecule is C=C(CC1COCCC1=NC(=O)c1ccccc1Cl)C(=O)c1cc(-c2nnc(C(F)F)o2)cc(F)c1CC. The van der Waals surface area contributed by atoms with E-state index in [2.05, 4.69) is 21.8 Å². The molecule has 1 atom stereocenters. The van der Waals surface area contributed by atoms with Gasteiger partial charge in [-0.15, -0.1) is 10.2 Å². The van der Waals surface area contributed by atoms with Crippen LogP contribution in [0, 0.1) is 11.7 Å². The highest BCUT2D eigenvalue weighted by Crippen LogP contribution is 2.30. The maximum absolute atomic E-state index is 14.9. The Kier molecular flexibility index (Phi) is 8.53. The quantitative estimate of drug-likeness (QED) is 0.238. The number of allylic oxidation sites excluding steroid dienone is 1. The minimum atomic E-state index is -2.99. The van der Waals surface area contributed by atoms with Crippen LogP contribution in [0.3, 0.4) is 0 Å². The summed E-state index contributed by atoms with van der Waals surface area (Å²) < 4.78 is 51.2. The lowest BCUT2D eigenvalue weighted by atomic mass is 9.87. The molecular weight excluding hydrogens is 523 g/mol. The smallest absolute Gasteiger partial charge is 0.314 e. The van der Waals surface area contributed by atoms with Crippen LogP contribution in [0.5, 0.6) is 0 Å². The second-order valence-electron chi connectivity index (χ2n) is 8.63. The minimum Gasteiger partial charge on any atom is -0.415 e. The second kappa shape index (κ2) is 11.8. The number of aromatic nitrogens is 2. The highest BCUT2D eigenvalue weighted by atomic mass is 35.5. The van der Waals surface area contributed by atoms with Crippen molar-refractivity contribution < 1.29 is 31.9 Å². The number of nitrogens with zero attached hydrogens (tertiary/aromatic N) is 3. The molecule has 0 spiro atoms. The Bertz CT molecular complexity index is 1420. The fourth-order valence-electron chi connectivity index (χ4n) is 4.19. The first-order valence-electron chi connectivity index (χ1n) is 11.8. The molecule has 1 aliphatic heterocycles. The lowest BCUT2D eigenvalue weighted by molar-refractivity contribution is 0.0962. The highest BCUT2D eigenvalue weighted by Gasteiger charge is 2.28. The first-order valence-corrected chi connectivity index (χ1v) is 12.2. The minimum absolute atomic E-state index is 0.00616. The van der Waals surface area contributed by atoms with Gasteiger partial charge in [-0.3, -0.25) is 9.59 Å². The van der Waals surface area contributed by atoms with E-state index in [0.717, 1.165) is 6.07 Å². The van der Waals surface area contributed by atoms with E-state index in [1.165, 1.54) is 6.07 Å². The van der Waals surface area contributed by atoms with Crippen LogP contribution in [0.15, 0.2) is 58.0 Å². The normalized spacial score (nSPS) is 16.7. The highest BCUT2D eigenvalue weighted by molar-refractivity contribution is 6.34. The summed E-state index contributed by atoms with van der Waals surface area (Å²) in [6, 6.07) is 8.94. The van der Waals surface area contributed by atoms with Gasteiger partial charge in [0.1, 0.15) is 5.82 Å². The van der Waals surface area contributed by atoms with Crippen LogP contribution in [-0.2, 0) is 11.2 Å². The predicted octanol–water partition coefficient (Wildman–Crippen LogP) is 6.48. The molecule has 0 saturated carbocycles. The summed E-state index contributed by atoms with van der Waals surface area (Å²) in [6.45, 7) is 6.17. The van der Waals surface area contributed by atoms with E-state index in [0.29, 0.717) is 18.7 Å². The van der Waals surface area contributed by atoms with E-state index in [1.54, 1.807) is 31.2 Å². The fourth-order valence-corrected chi connectivity index (χ4v) is 4.41. The first kappa shape index (κ1) is 27.4. The Labute approximate surface area is 221 Å². The molecule has 4 rings (SSSR count). The van der Waals surface area contributed by atoms with Crippen LogP contribution in [0.25, 0.3) is 11.5 Å². The summed E-state index contributed by atoms with van der Waals surface area (Å²) in [6.07, 6.45) is -2.30. The van der Waals surface area contributed by atoms with Crippen molar-refractivity contribution in [3.05, 3.63) is 82.0 Å². The number of ketones is 1. The van der Waals surface area contributed by atoms with E-state index in [-0.39, 0.29) is 58.2 Å². The maximum atomic E-state index is 14.9. The monoisotopic (exact) mass is 545 g/mol. The number of aliphatic imine (C=N–C) groups is 1. The molecule has 1 saturated heterocycles. The number of rotatable bonds is 8. The van der Waals surface area contributed by atoms with Gasteiger partial charge >= 0.3 is 6.43 Å². The molecule has 0 bridgehead atoms. The maximum Gasteiger partial charge on any atom is 0.314 e. The molecule has 0 N–H and O–H groups in total. The van der Waals surface area contributed by atoms with Crippen LogP contribution < -0.4 is 0 Å². The van der Waals surface area contributed by atoms with Gasteiger partial charge < -0.3 is 9.15 Å². The summed E-state index contributed by atoms with van der Waals surface area (Å²) in [4.78, 5) is 30.4.